The molecular formula is CoCuLiMnNi. The summed E-state index contributed by atoms with van der Waals surface area (Å²) in [6.45, 7) is 0. The second-order valence-corrected chi connectivity index (χ2v) is 0. The van der Waals surface area contributed by atoms with E-state index in [0.29, 0.717) is 0 Å². The molecule has 0 rings (SSSR count). The molecule has 0 heterocycles. The fourth-order valence-electron chi connectivity index (χ4n) is 0. The Morgan fingerprint density at radius 2 is 1.00 bits per heavy atom. The molecular weight excluding hydrogens is 243 g/mol. The number of rotatable bonds is 0. The molecule has 5 heavy (non-hydrogen) atoms. The Morgan fingerprint density at radius 3 is 1.00 bits per heavy atom. The van der Waals surface area contributed by atoms with Gasteiger partial charge in [-0.05, 0) is 0 Å². The number of hydrogen-bond donors (Lipinski definition) is 0. The summed E-state index contributed by atoms with van der Waals surface area (Å²) >= 11 is 0. The van der Waals surface area contributed by atoms with Crippen LogP contribution in [0.1, 0.15) is 0 Å². The van der Waals surface area contributed by atoms with Crippen LogP contribution in [0.15, 0.2) is 0 Å². The second kappa shape index (κ2) is 30.3. The molecule has 5 heteroatoms. The van der Waals surface area contributed by atoms with Gasteiger partial charge in [0.15, 0.2) is 0 Å². The summed E-state index contributed by atoms with van der Waals surface area (Å²) in [4.78, 5) is 0. The van der Waals surface area contributed by atoms with Gasteiger partial charge < -0.3 is 0 Å². The number of hydrogen-bond acceptors (Lipinski definition) is 0. The van der Waals surface area contributed by atoms with Gasteiger partial charge in [0, 0.05) is 86.3 Å². The average molecular weight is 243 g/mol. The van der Waals surface area contributed by atoms with Gasteiger partial charge in [0.2, 0.25) is 0 Å². The van der Waals surface area contributed by atoms with Crippen molar-refractivity contribution in [2.45, 2.75) is 0 Å². The largest absolute Gasteiger partial charge is 0 e. The van der Waals surface area contributed by atoms with Crippen LogP contribution >= 0.6 is 0 Å². The second-order valence-electron chi connectivity index (χ2n) is 0. The van der Waals surface area contributed by atoms with Crippen molar-refractivity contribution in [3.05, 3.63) is 0 Å². The van der Waals surface area contributed by atoms with Gasteiger partial charge in [-0.2, -0.15) is 0 Å². The molecule has 0 saturated heterocycles. The SMILES string of the molecule is [Co].[Cu].[Li].[Mn].[Ni]. The molecule has 0 aliphatic heterocycles. The molecule has 0 unspecified atom stereocenters. The zero-order valence-corrected chi connectivity index (χ0v) is 6.48. The van der Waals surface area contributed by atoms with E-state index in [0.717, 1.165) is 0 Å². The Balaban J connectivity index is 0. The maximum atomic E-state index is 0. The summed E-state index contributed by atoms with van der Waals surface area (Å²) in [5.41, 5.74) is 0. The third-order valence-electron chi connectivity index (χ3n) is 0. The summed E-state index contributed by atoms with van der Waals surface area (Å²) in [5.74, 6) is 0. The van der Waals surface area contributed by atoms with Crippen LogP contribution < -0.4 is 0 Å². The van der Waals surface area contributed by atoms with Gasteiger partial charge in [0.25, 0.3) is 0 Å². The van der Waals surface area contributed by atoms with Gasteiger partial charge in [-0.15, -0.1) is 0 Å². The topological polar surface area (TPSA) is 0 Å². The molecule has 0 aromatic heterocycles. The summed E-state index contributed by atoms with van der Waals surface area (Å²) < 4.78 is 0. The van der Waals surface area contributed by atoms with E-state index in [1.54, 1.807) is 0 Å². The minimum atomic E-state index is 0. The molecule has 0 nitrogen and oxygen atoms in total. The molecule has 0 N–H and O–H groups in total. The van der Waals surface area contributed by atoms with Gasteiger partial charge in [-0.3, -0.25) is 0 Å². The first kappa shape index (κ1) is 48.4. The van der Waals surface area contributed by atoms with E-state index in [1.165, 1.54) is 0 Å². The van der Waals surface area contributed by atoms with Crippen LogP contribution in [0.4, 0.5) is 0 Å². The average Bonchev–Trinajstić information content (AvgIpc) is 0. The molecule has 0 atom stereocenters. The van der Waals surface area contributed by atoms with Crippen LogP contribution in [-0.4, -0.2) is 18.9 Å². The van der Waals surface area contributed by atoms with Gasteiger partial charge in [0.1, 0.15) is 0 Å². The Labute approximate surface area is 85.2 Å². The van der Waals surface area contributed by atoms with Crippen molar-refractivity contribution in [1.82, 2.24) is 0 Å². The van der Waals surface area contributed by atoms with Crippen molar-refractivity contribution in [2.75, 3.05) is 0 Å². The zero-order chi connectivity index (χ0) is 0. The van der Waals surface area contributed by atoms with Crippen molar-refractivity contribution in [1.29, 1.82) is 0 Å². The fourth-order valence-corrected chi connectivity index (χ4v) is 0. The van der Waals surface area contributed by atoms with E-state index in [1.807, 2.05) is 0 Å². The van der Waals surface area contributed by atoms with E-state index >= 15 is 0 Å². The van der Waals surface area contributed by atoms with Gasteiger partial charge in [-0.1, -0.05) is 0 Å². The van der Waals surface area contributed by atoms with Gasteiger partial charge in [0.05, 0.1) is 0 Å². The van der Waals surface area contributed by atoms with E-state index in [2.05, 4.69) is 0 Å². The molecule has 0 aliphatic carbocycles. The van der Waals surface area contributed by atoms with Gasteiger partial charge in [-0.25, -0.2) is 0 Å². The zero-order valence-electron chi connectivity index (χ0n) is 2.33. The smallest absolute Gasteiger partial charge is 0 e. The van der Waals surface area contributed by atoms with Crippen LogP contribution in [0.2, 0.25) is 0 Å². The molecule has 0 amide bonds. The first-order valence-electron chi connectivity index (χ1n) is 0. The van der Waals surface area contributed by atoms with E-state index in [-0.39, 0.29) is 86.3 Å². The van der Waals surface area contributed by atoms with Crippen molar-refractivity contribution >= 4 is 18.9 Å². The Hall–Kier alpha value is 2.64. The van der Waals surface area contributed by atoms with Crippen LogP contribution in [0, 0.1) is 0 Å². The summed E-state index contributed by atoms with van der Waals surface area (Å²) in [6, 6.07) is 0. The molecule has 38 valence electrons. The normalized spacial score (nSPS) is 0. The molecule has 0 aliphatic rings. The molecule has 0 spiro atoms. The molecule has 4 radical (unpaired) electrons. The van der Waals surface area contributed by atoms with Crippen LogP contribution in [-0.2, 0) is 67.4 Å². The molecule has 0 bridgehead atoms. The quantitative estimate of drug-likeness (QED) is 0.508. The minimum Gasteiger partial charge on any atom is 0 e. The Bertz CT molecular complexity index is 11.6. The van der Waals surface area contributed by atoms with Crippen LogP contribution in [0.5, 0.6) is 0 Å². The van der Waals surface area contributed by atoms with E-state index in [4.69, 9.17) is 0 Å². The molecule has 0 fully saturated rings. The molecule has 0 aromatic carbocycles. The van der Waals surface area contributed by atoms with Crippen molar-refractivity contribution in [3.63, 3.8) is 0 Å². The van der Waals surface area contributed by atoms with Crippen LogP contribution in [0.3, 0.4) is 0 Å². The summed E-state index contributed by atoms with van der Waals surface area (Å²) in [6.07, 6.45) is 0. The maximum Gasteiger partial charge on any atom is 0 e. The maximum absolute atomic E-state index is 0. The van der Waals surface area contributed by atoms with Crippen LogP contribution in [0.25, 0.3) is 0 Å². The summed E-state index contributed by atoms with van der Waals surface area (Å²) in [7, 11) is 0. The third kappa shape index (κ3) is 20.5. The van der Waals surface area contributed by atoms with E-state index in [9.17, 15) is 0 Å². The predicted molar refractivity (Wildman–Crippen MR) is 5.75 cm³/mol. The molecule has 0 aromatic rings. The first-order valence-corrected chi connectivity index (χ1v) is 0. The van der Waals surface area contributed by atoms with Crippen molar-refractivity contribution < 1.29 is 67.4 Å². The molecule has 0 saturated carbocycles. The summed E-state index contributed by atoms with van der Waals surface area (Å²) in [5, 5.41) is 0. The monoisotopic (exact) mass is 242 g/mol. The first-order chi connectivity index (χ1) is 0. The Morgan fingerprint density at radius 1 is 1.00 bits per heavy atom. The third-order valence-corrected chi connectivity index (χ3v) is 0. The fraction of sp³-hybridized carbons (Fsp3) is 0. The van der Waals surface area contributed by atoms with Crippen molar-refractivity contribution in [3.8, 4) is 0 Å². The predicted octanol–water partition coefficient (Wildman–Crippen LogP) is -0.391. The standard InChI is InChI=1S/Co.Cu.Li.Mn.Ni. The minimum absolute atomic E-state index is 0. The Kier molecular flexibility index (Phi) is 294. The van der Waals surface area contributed by atoms with E-state index < -0.39 is 0 Å². The van der Waals surface area contributed by atoms with Crippen molar-refractivity contribution in [2.24, 2.45) is 0 Å². The van der Waals surface area contributed by atoms with Gasteiger partial charge >= 0.3 is 0 Å².